The summed E-state index contributed by atoms with van der Waals surface area (Å²) in [5, 5.41) is 13.2. The highest BCUT2D eigenvalue weighted by atomic mass is 32.2. The lowest BCUT2D eigenvalue weighted by atomic mass is 10.2. The van der Waals surface area contributed by atoms with Crippen LogP contribution >= 0.6 is 11.8 Å². The second kappa shape index (κ2) is 7.32. The van der Waals surface area contributed by atoms with Crippen LogP contribution in [0, 0.1) is 19.7 Å². The van der Waals surface area contributed by atoms with Gasteiger partial charge in [-0.25, -0.2) is 4.39 Å². The van der Waals surface area contributed by atoms with Crippen molar-refractivity contribution in [1.29, 1.82) is 0 Å². The Labute approximate surface area is 159 Å². The summed E-state index contributed by atoms with van der Waals surface area (Å²) in [5.41, 5.74) is 2.86. The van der Waals surface area contributed by atoms with Crippen molar-refractivity contribution in [1.82, 2.24) is 24.9 Å². The molecule has 2 heterocycles. The molecule has 136 valence electrons. The molecule has 0 N–H and O–H groups in total. The van der Waals surface area contributed by atoms with Gasteiger partial charge in [0.2, 0.25) is 0 Å². The highest BCUT2D eigenvalue weighted by Crippen LogP contribution is 2.26. The molecule has 4 aromatic rings. The average molecular weight is 381 g/mol. The standard InChI is InChI=1S/C19H16FN5OS/c1-12-5-3-4-6-16(12)25-13(2)22-23-19(25)27-11-17-21-18(26-24-17)14-7-9-15(20)10-8-14/h3-10H,11H2,1-2H3. The number of aryl methyl sites for hydroxylation is 2. The van der Waals surface area contributed by atoms with Crippen LogP contribution in [0.15, 0.2) is 58.2 Å². The van der Waals surface area contributed by atoms with Crippen LogP contribution in [-0.2, 0) is 5.75 Å². The number of halogens is 1. The molecule has 0 saturated carbocycles. The third kappa shape index (κ3) is 3.61. The van der Waals surface area contributed by atoms with Gasteiger partial charge in [-0.2, -0.15) is 4.98 Å². The van der Waals surface area contributed by atoms with Gasteiger partial charge in [-0.3, -0.25) is 4.57 Å². The van der Waals surface area contributed by atoms with Gasteiger partial charge in [0.25, 0.3) is 5.89 Å². The van der Waals surface area contributed by atoms with Gasteiger partial charge in [0.15, 0.2) is 11.0 Å². The summed E-state index contributed by atoms with van der Waals surface area (Å²) in [5.74, 6) is 1.89. The largest absolute Gasteiger partial charge is 0.334 e. The second-order valence-electron chi connectivity index (χ2n) is 5.96. The molecule has 0 aliphatic heterocycles. The smallest absolute Gasteiger partial charge is 0.257 e. The van der Waals surface area contributed by atoms with Crippen LogP contribution < -0.4 is 0 Å². The number of para-hydroxylation sites is 1. The minimum atomic E-state index is -0.306. The van der Waals surface area contributed by atoms with Crippen molar-refractivity contribution in [2.45, 2.75) is 24.8 Å². The first kappa shape index (κ1) is 17.4. The van der Waals surface area contributed by atoms with Crippen LogP contribution in [-0.4, -0.2) is 24.9 Å². The zero-order valence-corrected chi connectivity index (χ0v) is 15.6. The van der Waals surface area contributed by atoms with Crippen molar-refractivity contribution < 1.29 is 8.91 Å². The van der Waals surface area contributed by atoms with Gasteiger partial charge in [-0.15, -0.1) is 10.2 Å². The summed E-state index contributed by atoms with van der Waals surface area (Å²) in [7, 11) is 0. The summed E-state index contributed by atoms with van der Waals surface area (Å²) in [4.78, 5) is 4.37. The Morgan fingerprint density at radius 2 is 1.81 bits per heavy atom. The zero-order chi connectivity index (χ0) is 18.8. The number of hydrogen-bond donors (Lipinski definition) is 0. The van der Waals surface area contributed by atoms with Gasteiger partial charge in [0, 0.05) is 5.56 Å². The predicted octanol–water partition coefficient (Wildman–Crippen LogP) is 4.37. The maximum atomic E-state index is 13.0. The topological polar surface area (TPSA) is 69.6 Å². The quantitative estimate of drug-likeness (QED) is 0.478. The van der Waals surface area contributed by atoms with E-state index in [1.807, 2.05) is 29.7 Å². The summed E-state index contributed by atoms with van der Waals surface area (Å²) in [6, 6.07) is 14.0. The van der Waals surface area contributed by atoms with Crippen LogP contribution in [0.3, 0.4) is 0 Å². The number of aromatic nitrogens is 5. The summed E-state index contributed by atoms with van der Waals surface area (Å²) >= 11 is 1.48. The van der Waals surface area contributed by atoms with Crippen molar-refractivity contribution >= 4 is 11.8 Å². The van der Waals surface area contributed by atoms with Gasteiger partial charge in [-0.05, 0) is 49.7 Å². The summed E-state index contributed by atoms with van der Waals surface area (Å²) in [6.07, 6.45) is 0. The third-order valence-electron chi connectivity index (χ3n) is 4.04. The molecular formula is C19H16FN5OS. The van der Waals surface area contributed by atoms with Crippen molar-refractivity contribution in [2.24, 2.45) is 0 Å². The monoisotopic (exact) mass is 381 g/mol. The van der Waals surface area contributed by atoms with E-state index in [9.17, 15) is 4.39 Å². The SMILES string of the molecule is Cc1ccccc1-n1c(C)nnc1SCc1noc(-c2ccc(F)cc2)n1. The van der Waals surface area contributed by atoms with Crippen LogP contribution in [0.5, 0.6) is 0 Å². The molecule has 0 spiro atoms. The second-order valence-corrected chi connectivity index (χ2v) is 6.91. The van der Waals surface area contributed by atoms with E-state index in [-0.39, 0.29) is 5.82 Å². The van der Waals surface area contributed by atoms with E-state index in [4.69, 9.17) is 4.52 Å². The molecule has 0 saturated heterocycles. The molecule has 0 aliphatic rings. The summed E-state index contributed by atoms with van der Waals surface area (Å²) < 4.78 is 20.3. The maximum Gasteiger partial charge on any atom is 0.257 e. The van der Waals surface area contributed by atoms with E-state index in [0.29, 0.717) is 23.0 Å². The molecule has 6 nitrogen and oxygen atoms in total. The zero-order valence-electron chi connectivity index (χ0n) is 14.8. The van der Waals surface area contributed by atoms with Crippen molar-refractivity contribution in [2.75, 3.05) is 0 Å². The average Bonchev–Trinajstić information content (AvgIpc) is 3.28. The lowest BCUT2D eigenvalue weighted by Crippen LogP contribution is -2.01. The Bertz CT molecular complexity index is 1070. The van der Waals surface area contributed by atoms with E-state index in [1.165, 1.54) is 23.9 Å². The fourth-order valence-electron chi connectivity index (χ4n) is 2.68. The lowest BCUT2D eigenvalue weighted by molar-refractivity contribution is 0.425. The first-order valence-electron chi connectivity index (χ1n) is 8.31. The Hall–Kier alpha value is -3.00. The molecular weight excluding hydrogens is 365 g/mol. The highest BCUT2D eigenvalue weighted by molar-refractivity contribution is 7.98. The van der Waals surface area contributed by atoms with Crippen LogP contribution in [0.25, 0.3) is 17.1 Å². The first-order chi connectivity index (χ1) is 13.1. The third-order valence-corrected chi connectivity index (χ3v) is 4.97. The Morgan fingerprint density at radius 1 is 1.04 bits per heavy atom. The van der Waals surface area contributed by atoms with Crippen molar-refractivity contribution in [3.05, 3.63) is 71.6 Å². The normalized spacial score (nSPS) is 11.1. The van der Waals surface area contributed by atoms with E-state index < -0.39 is 0 Å². The van der Waals surface area contributed by atoms with Gasteiger partial charge in [0.1, 0.15) is 11.6 Å². The van der Waals surface area contributed by atoms with Crippen LogP contribution in [0.2, 0.25) is 0 Å². The molecule has 27 heavy (non-hydrogen) atoms. The maximum absolute atomic E-state index is 13.0. The van der Waals surface area contributed by atoms with E-state index >= 15 is 0 Å². The van der Waals surface area contributed by atoms with E-state index in [0.717, 1.165) is 22.2 Å². The van der Waals surface area contributed by atoms with E-state index in [1.54, 1.807) is 12.1 Å². The molecule has 0 radical (unpaired) electrons. The Morgan fingerprint density at radius 3 is 2.59 bits per heavy atom. The number of thioether (sulfide) groups is 1. The van der Waals surface area contributed by atoms with Crippen LogP contribution in [0.4, 0.5) is 4.39 Å². The predicted molar refractivity (Wildman–Crippen MR) is 100 cm³/mol. The number of benzene rings is 2. The minimum Gasteiger partial charge on any atom is -0.334 e. The van der Waals surface area contributed by atoms with E-state index in [2.05, 4.69) is 33.3 Å². The number of rotatable bonds is 5. The molecule has 0 amide bonds. The molecule has 2 aromatic heterocycles. The van der Waals surface area contributed by atoms with Crippen molar-refractivity contribution in [3.8, 4) is 17.1 Å². The Balaban J connectivity index is 1.54. The fraction of sp³-hybridized carbons (Fsp3) is 0.158. The number of hydrogen-bond acceptors (Lipinski definition) is 6. The molecule has 2 aromatic carbocycles. The molecule has 0 unspecified atom stereocenters. The first-order valence-corrected chi connectivity index (χ1v) is 9.30. The van der Waals surface area contributed by atoms with Gasteiger partial charge < -0.3 is 4.52 Å². The van der Waals surface area contributed by atoms with Gasteiger partial charge in [-0.1, -0.05) is 35.1 Å². The van der Waals surface area contributed by atoms with Gasteiger partial charge in [0.05, 0.1) is 11.4 Å². The highest BCUT2D eigenvalue weighted by Gasteiger charge is 2.15. The van der Waals surface area contributed by atoms with Crippen molar-refractivity contribution in [3.63, 3.8) is 0 Å². The Kier molecular flexibility index (Phi) is 4.72. The fourth-order valence-corrected chi connectivity index (χ4v) is 3.51. The molecule has 0 aliphatic carbocycles. The lowest BCUT2D eigenvalue weighted by Gasteiger charge is -2.10. The van der Waals surface area contributed by atoms with Crippen LogP contribution in [0.1, 0.15) is 17.2 Å². The molecule has 8 heteroatoms. The number of nitrogens with zero attached hydrogens (tertiary/aromatic N) is 5. The summed E-state index contributed by atoms with van der Waals surface area (Å²) in [6.45, 7) is 3.97. The molecule has 0 atom stereocenters. The molecule has 0 bridgehead atoms. The van der Waals surface area contributed by atoms with Gasteiger partial charge >= 0.3 is 0 Å². The molecule has 4 rings (SSSR count). The molecule has 0 fully saturated rings. The minimum absolute atomic E-state index is 0.306.